The molecular formula is C75H64F3N3. The number of hydrogen-bond acceptors (Lipinski definition) is 1. The molecule has 0 fully saturated rings. The van der Waals surface area contributed by atoms with E-state index in [1.807, 2.05) is 18.2 Å². The van der Waals surface area contributed by atoms with Gasteiger partial charge in [0, 0.05) is 21.5 Å². The van der Waals surface area contributed by atoms with Gasteiger partial charge < -0.3 is 9.13 Å². The summed E-state index contributed by atoms with van der Waals surface area (Å²) in [6.45, 7) is 27.5. The van der Waals surface area contributed by atoms with Crippen molar-refractivity contribution in [1.29, 1.82) is 5.26 Å². The molecule has 0 unspecified atom stereocenters. The zero-order valence-corrected chi connectivity index (χ0v) is 48.4. The zero-order valence-electron chi connectivity index (χ0n) is 48.4. The Morgan fingerprint density at radius 1 is 0.309 bits per heavy atom. The lowest BCUT2D eigenvalue weighted by molar-refractivity contribution is -0.137. The number of nitrogens with zero attached hydrogens (tertiary/aromatic N) is 3. The fourth-order valence-electron chi connectivity index (χ4n) is 14.1. The third kappa shape index (κ3) is 8.91. The van der Waals surface area contributed by atoms with Gasteiger partial charge in [-0.3, -0.25) is 0 Å². The molecule has 0 aliphatic carbocycles. The largest absolute Gasteiger partial charge is 0.416 e. The summed E-state index contributed by atoms with van der Waals surface area (Å²) in [5.41, 5.74) is 28.9. The fourth-order valence-corrected chi connectivity index (χ4v) is 14.1. The summed E-state index contributed by atoms with van der Waals surface area (Å²) in [6.07, 6.45) is -4.59. The first kappa shape index (κ1) is 52.8. The zero-order chi connectivity index (χ0) is 57.2. The van der Waals surface area contributed by atoms with Crippen molar-refractivity contribution in [2.24, 2.45) is 0 Å². The summed E-state index contributed by atoms with van der Waals surface area (Å²) in [5.74, 6) is 0. The van der Waals surface area contributed by atoms with Crippen LogP contribution in [0.5, 0.6) is 0 Å². The lowest BCUT2D eigenvalue weighted by atomic mass is 9.91. The maximum Gasteiger partial charge on any atom is 0.416 e. The second-order valence-corrected chi connectivity index (χ2v) is 23.3. The number of aromatic nitrogens is 2. The molecule has 81 heavy (non-hydrogen) atoms. The number of rotatable bonds is 7. The highest BCUT2D eigenvalue weighted by Crippen LogP contribution is 2.46. The van der Waals surface area contributed by atoms with Crippen LogP contribution in [0.3, 0.4) is 0 Å². The number of halogens is 3. The normalized spacial score (nSPS) is 11.9. The number of aryl methyl sites for hydroxylation is 13. The van der Waals surface area contributed by atoms with Crippen LogP contribution in [0.25, 0.3) is 111 Å². The van der Waals surface area contributed by atoms with E-state index in [4.69, 9.17) is 0 Å². The van der Waals surface area contributed by atoms with Gasteiger partial charge in [-0.1, -0.05) is 101 Å². The van der Waals surface area contributed by atoms with E-state index in [1.54, 1.807) is 6.92 Å². The molecule has 0 aliphatic heterocycles. The van der Waals surface area contributed by atoms with Gasteiger partial charge in [0.2, 0.25) is 0 Å². The molecule has 2 aromatic heterocycles. The van der Waals surface area contributed by atoms with Gasteiger partial charge in [-0.2, -0.15) is 18.4 Å². The van der Waals surface area contributed by atoms with E-state index in [-0.39, 0.29) is 0 Å². The highest BCUT2D eigenvalue weighted by atomic mass is 19.4. The van der Waals surface area contributed by atoms with E-state index in [0.717, 1.165) is 65.9 Å². The smallest absolute Gasteiger partial charge is 0.308 e. The molecule has 3 nitrogen and oxygen atoms in total. The number of fused-ring (bicyclic) bond motifs is 6. The number of hydrogen-bond donors (Lipinski definition) is 0. The lowest BCUT2D eigenvalue weighted by Gasteiger charge is -2.20. The third-order valence-corrected chi connectivity index (χ3v) is 16.8. The molecule has 2 heterocycles. The molecule has 12 rings (SSSR count). The number of nitriles is 1. The topological polar surface area (TPSA) is 33.6 Å². The first-order valence-corrected chi connectivity index (χ1v) is 27.8. The van der Waals surface area contributed by atoms with Crippen molar-refractivity contribution in [2.75, 3.05) is 0 Å². The van der Waals surface area contributed by atoms with Crippen molar-refractivity contribution in [3.8, 4) is 73.1 Å². The Kier molecular flexibility index (Phi) is 12.6. The van der Waals surface area contributed by atoms with Gasteiger partial charge in [-0.15, -0.1) is 0 Å². The summed E-state index contributed by atoms with van der Waals surface area (Å²) in [4.78, 5) is 0. The molecule has 0 aliphatic rings. The van der Waals surface area contributed by atoms with Gasteiger partial charge in [0.25, 0.3) is 0 Å². The van der Waals surface area contributed by atoms with Crippen LogP contribution in [-0.2, 0) is 6.18 Å². The Bertz CT molecular complexity index is 4140. The molecule has 6 heteroatoms. The molecule has 400 valence electrons. The molecule has 12 aromatic rings. The highest BCUT2D eigenvalue weighted by Gasteiger charge is 2.32. The summed E-state index contributed by atoms with van der Waals surface area (Å²) in [7, 11) is 0. The maximum atomic E-state index is 14.9. The summed E-state index contributed by atoms with van der Waals surface area (Å²) in [6, 6.07) is 55.1. The molecule has 0 radical (unpaired) electrons. The van der Waals surface area contributed by atoms with Crippen molar-refractivity contribution in [3.05, 3.63) is 235 Å². The Morgan fingerprint density at radius 3 is 0.827 bits per heavy atom. The van der Waals surface area contributed by atoms with Crippen LogP contribution in [-0.4, -0.2) is 9.13 Å². The van der Waals surface area contributed by atoms with E-state index in [9.17, 15) is 18.4 Å². The monoisotopic (exact) mass is 1060 g/mol. The fraction of sp³-hybridized carbons (Fsp3) is 0.187. The summed E-state index contributed by atoms with van der Waals surface area (Å²) in [5, 5.41) is 16.0. The minimum absolute atomic E-state index is 0.382. The molecule has 10 aromatic carbocycles. The first-order chi connectivity index (χ1) is 38.6. The molecule has 0 atom stereocenters. The van der Waals surface area contributed by atoms with Crippen LogP contribution < -0.4 is 0 Å². The Hall–Kier alpha value is -8.92. The number of benzene rings is 10. The van der Waals surface area contributed by atoms with Crippen LogP contribution in [0.2, 0.25) is 0 Å². The van der Waals surface area contributed by atoms with E-state index in [2.05, 4.69) is 220 Å². The van der Waals surface area contributed by atoms with Crippen molar-refractivity contribution in [2.45, 2.75) is 96.2 Å². The van der Waals surface area contributed by atoms with Crippen LogP contribution in [0.1, 0.15) is 83.5 Å². The van der Waals surface area contributed by atoms with Crippen molar-refractivity contribution >= 4 is 43.6 Å². The van der Waals surface area contributed by atoms with Gasteiger partial charge >= 0.3 is 6.18 Å². The van der Waals surface area contributed by atoms with Gasteiger partial charge in [0.15, 0.2) is 0 Å². The van der Waals surface area contributed by atoms with Crippen LogP contribution in [0.15, 0.2) is 152 Å². The third-order valence-electron chi connectivity index (χ3n) is 16.8. The minimum atomic E-state index is -4.59. The minimum Gasteiger partial charge on any atom is -0.308 e. The standard InChI is InChI=1S/C75H64F3N3/c1-40-22-45(6)71(46(7)23-40)53-14-18-65-60(33-53)61-34-54(72-47(8)24-41(2)25-48(72)9)15-19-66(61)80(65)69-37-58(57-30-44(5)31-59(32-57)75(76,77)78)38-70(64(69)39-79)81-67-20-16-55(73-49(10)26-42(3)27-50(73)11)35-62(67)63-36-56(17-21-68(63)81)74-51(12)28-43(4)29-52(74)13/h14-38H,1-13H3. The van der Waals surface area contributed by atoms with Gasteiger partial charge in [-0.05, 0) is 269 Å². The quantitative estimate of drug-likeness (QED) is 0.157. The van der Waals surface area contributed by atoms with Crippen LogP contribution in [0, 0.1) is 101 Å². The number of alkyl halides is 3. The predicted molar refractivity (Wildman–Crippen MR) is 334 cm³/mol. The Morgan fingerprint density at radius 2 is 0.568 bits per heavy atom. The molecule has 0 bridgehead atoms. The molecule has 0 spiro atoms. The lowest BCUT2D eigenvalue weighted by Crippen LogP contribution is -2.07. The molecule has 0 saturated carbocycles. The summed E-state index contributed by atoms with van der Waals surface area (Å²) >= 11 is 0. The van der Waals surface area contributed by atoms with Crippen molar-refractivity contribution in [1.82, 2.24) is 9.13 Å². The predicted octanol–water partition coefficient (Wildman–Crippen LogP) is 21.1. The average Bonchev–Trinajstić information content (AvgIpc) is 4.00. The van der Waals surface area contributed by atoms with E-state index in [0.29, 0.717) is 33.6 Å². The average molecular weight is 1060 g/mol. The van der Waals surface area contributed by atoms with Crippen molar-refractivity contribution < 1.29 is 13.2 Å². The second-order valence-electron chi connectivity index (χ2n) is 23.3. The Labute approximate surface area is 473 Å². The van der Waals surface area contributed by atoms with Crippen LogP contribution in [0.4, 0.5) is 13.2 Å². The second kappa shape index (κ2) is 19.4. The van der Waals surface area contributed by atoms with Crippen LogP contribution >= 0.6 is 0 Å². The SMILES string of the molecule is Cc1cc(-c2cc(-n3c4ccc(-c5c(C)cc(C)cc5C)cc4c4cc(-c5c(C)cc(C)cc5C)ccc43)c(C#N)c(-n3c4ccc(-c5c(C)cc(C)cc5C)cc4c4cc(-c5c(C)cc(C)cc5C)ccc43)c2)cc(C(F)(F)F)c1. The van der Waals surface area contributed by atoms with E-state index in [1.165, 1.54) is 101 Å². The van der Waals surface area contributed by atoms with Crippen molar-refractivity contribution in [3.63, 3.8) is 0 Å². The van der Waals surface area contributed by atoms with Gasteiger partial charge in [0.1, 0.15) is 11.6 Å². The molecular weight excluding hydrogens is 1000 g/mol. The maximum absolute atomic E-state index is 14.9. The summed E-state index contributed by atoms with van der Waals surface area (Å²) < 4.78 is 49.1. The van der Waals surface area contributed by atoms with Gasteiger partial charge in [0.05, 0.1) is 39.0 Å². The van der Waals surface area contributed by atoms with E-state index < -0.39 is 11.7 Å². The van der Waals surface area contributed by atoms with Gasteiger partial charge in [-0.25, -0.2) is 0 Å². The Balaban J connectivity index is 1.22. The highest BCUT2D eigenvalue weighted by molar-refractivity contribution is 6.14. The van der Waals surface area contributed by atoms with E-state index >= 15 is 0 Å². The first-order valence-electron chi connectivity index (χ1n) is 27.8. The molecule has 0 N–H and O–H groups in total. The molecule has 0 amide bonds. The molecule has 0 saturated heterocycles.